The first-order chi connectivity index (χ1) is 11.5. The van der Waals surface area contributed by atoms with Crippen LogP contribution in [0.2, 0.25) is 0 Å². The predicted molar refractivity (Wildman–Crippen MR) is 94.6 cm³/mol. The van der Waals surface area contributed by atoms with E-state index < -0.39 is 10.0 Å². The van der Waals surface area contributed by atoms with Gasteiger partial charge >= 0.3 is 0 Å². The van der Waals surface area contributed by atoms with Gasteiger partial charge in [-0.25, -0.2) is 8.42 Å². The number of hydrogen-bond donors (Lipinski definition) is 1. The molecule has 1 N–H and O–H groups in total. The fourth-order valence-electron chi connectivity index (χ4n) is 2.68. The highest BCUT2D eigenvalue weighted by Gasteiger charge is 2.31. The second kappa shape index (κ2) is 8.84. The van der Waals surface area contributed by atoms with Crippen LogP contribution in [0.1, 0.15) is 12.8 Å². The molecule has 1 amide bonds. The molecule has 1 fully saturated rings. The summed E-state index contributed by atoms with van der Waals surface area (Å²) in [5, 5.41) is 2.82. The van der Waals surface area contributed by atoms with Gasteiger partial charge in [0.25, 0.3) is 0 Å². The quantitative estimate of drug-likeness (QED) is 0.581. The average molecular weight is 373 g/mol. The highest BCUT2D eigenvalue weighted by molar-refractivity contribution is 7.98. The van der Waals surface area contributed by atoms with Crippen LogP contribution in [0.3, 0.4) is 0 Å². The number of benzene rings is 1. The first-order valence-corrected chi connectivity index (χ1v) is 10.6. The van der Waals surface area contributed by atoms with E-state index in [1.807, 2.05) is 18.4 Å². The molecular weight excluding hydrogens is 348 g/mol. The Bertz CT molecular complexity index is 639. The minimum Gasteiger partial charge on any atom is -0.383 e. The smallest absolute Gasteiger partial charge is 0.243 e. The summed E-state index contributed by atoms with van der Waals surface area (Å²) in [5.74, 6) is -0.152. The van der Waals surface area contributed by atoms with E-state index in [9.17, 15) is 13.2 Å². The van der Waals surface area contributed by atoms with Gasteiger partial charge in [0.2, 0.25) is 15.9 Å². The summed E-state index contributed by atoms with van der Waals surface area (Å²) in [6.07, 6.45) is 3.04. The molecule has 6 nitrogen and oxygen atoms in total. The molecule has 2 rings (SSSR count). The number of rotatable bonds is 7. The highest BCUT2D eigenvalue weighted by Crippen LogP contribution is 2.25. The van der Waals surface area contributed by atoms with E-state index in [1.54, 1.807) is 31.0 Å². The molecule has 1 aliphatic heterocycles. The Labute approximate surface area is 148 Å². The summed E-state index contributed by atoms with van der Waals surface area (Å²) in [7, 11) is -1.90. The lowest BCUT2D eigenvalue weighted by Gasteiger charge is -2.30. The zero-order chi connectivity index (χ0) is 17.6. The van der Waals surface area contributed by atoms with Gasteiger partial charge in [0.1, 0.15) is 0 Å². The van der Waals surface area contributed by atoms with E-state index in [0.717, 1.165) is 4.90 Å². The summed E-state index contributed by atoms with van der Waals surface area (Å²) in [6, 6.07) is 6.91. The van der Waals surface area contributed by atoms with E-state index in [4.69, 9.17) is 4.74 Å². The van der Waals surface area contributed by atoms with Crippen molar-refractivity contribution in [3.8, 4) is 0 Å². The van der Waals surface area contributed by atoms with Crippen LogP contribution in [0.5, 0.6) is 0 Å². The van der Waals surface area contributed by atoms with E-state index in [-0.39, 0.29) is 11.8 Å². The topological polar surface area (TPSA) is 75.7 Å². The minimum absolute atomic E-state index is 0.0200. The number of methoxy groups -OCH3 is 1. The van der Waals surface area contributed by atoms with Crippen LogP contribution in [0.25, 0.3) is 0 Å². The Kier molecular flexibility index (Phi) is 7.09. The van der Waals surface area contributed by atoms with Gasteiger partial charge in [0.15, 0.2) is 0 Å². The maximum Gasteiger partial charge on any atom is 0.243 e. The van der Waals surface area contributed by atoms with Crippen LogP contribution in [-0.4, -0.2) is 58.2 Å². The van der Waals surface area contributed by atoms with Crippen molar-refractivity contribution in [1.29, 1.82) is 0 Å². The number of nitrogens with one attached hydrogen (secondary N) is 1. The van der Waals surface area contributed by atoms with E-state index >= 15 is 0 Å². The molecule has 1 aromatic carbocycles. The normalized spacial score (nSPS) is 16.9. The molecule has 1 saturated heterocycles. The van der Waals surface area contributed by atoms with Gasteiger partial charge in [-0.3, -0.25) is 4.79 Å². The zero-order valence-electron chi connectivity index (χ0n) is 14.0. The van der Waals surface area contributed by atoms with Gasteiger partial charge in [-0.05, 0) is 43.4 Å². The largest absolute Gasteiger partial charge is 0.383 e. The molecule has 0 spiro atoms. The first-order valence-electron chi connectivity index (χ1n) is 7.90. The monoisotopic (exact) mass is 372 g/mol. The van der Waals surface area contributed by atoms with Gasteiger partial charge < -0.3 is 10.1 Å². The Hall–Kier alpha value is -1.09. The Morgan fingerprint density at radius 3 is 2.46 bits per heavy atom. The fraction of sp³-hybridized carbons (Fsp3) is 0.562. The van der Waals surface area contributed by atoms with Crippen LogP contribution in [0.15, 0.2) is 34.1 Å². The van der Waals surface area contributed by atoms with E-state index in [2.05, 4.69) is 5.32 Å². The number of sulfonamides is 1. The number of nitrogens with zero attached hydrogens (tertiary/aromatic N) is 1. The molecule has 24 heavy (non-hydrogen) atoms. The number of carbonyl (C=O) groups is 1. The maximum atomic E-state index is 12.7. The minimum atomic E-state index is -3.48. The summed E-state index contributed by atoms with van der Waals surface area (Å²) in [5.41, 5.74) is 0. The lowest BCUT2D eigenvalue weighted by atomic mass is 9.97. The highest BCUT2D eigenvalue weighted by atomic mass is 32.2. The van der Waals surface area contributed by atoms with Crippen molar-refractivity contribution < 1.29 is 17.9 Å². The summed E-state index contributed by atoms with van der Waals surface area (Å²) < 4.78 is 31.7. The average Bonchev–Trinajstić information content (AvgIpc) is 2.62. The molecule has 1 heterocycles. The van der Waals surface area contributed by atoms with E-state index in [1.165, 1.54) is 4.31 Å². The molecule has 8 heteroatoms. The maximum absolute atomic E-state index is 12.7. The predicted octanol–water partition coefficient (Wildman–Crippen LogP) is 1.57. The Balaban J connectivity index is 1.94. The van der Waals surface area contributed by atoms with Gasteiger partial charge in [0, 0.05) is 37.6 Å². The molecule has 0 radical (unpaired) electrons. The first kappa shape index (κ1) is 19.2. The number of thioether (sulfide) groups is 1. The van der Waals surface area contributed by atoms with Gasteiger partial charge in [-0.1, -0.05) is 0 Å². The zero-order valence-corrected chi connectivity index (χ0v) is 15.7. The lowest BCUT2D eigenvalue weighted by Crippen LogP contribution is -2.43. The molecule has 1 aromatic rings. The van der Waals surface area contributed by atoms with Crippen molar-refractivity contribution >= 4 is 27.7 Å². The van der Waals surface area contributed by atoms with Crippen molar-refractivity contribution in [3.05, 3.63) is 24.3 Å². The van der Waals surface area contributed by atoms with Crippen LogP contribution >= 0.6 is 11.8 Å². The van der Waals surface area contributed by atoms with Crippen LogP contribution in [0.4, 0.5) is 0 Å². The van der Waals surface area contributed by atoms with Crippen molar-refractivity contribution in [1.82, 2.24) is 9.62 Å². The standard InChI is InChI=1S/C16H24N2O4S2/c1-22-12-9-17-16(19)13-7-10-18(11-8-13)24(20,21)15-5-3-14(23-2)4-6-15/h3-6,13H,7-12H2,1-2H3,(H,17,19). The molecule has 0 aromatic heterocycles. The second-order valence-electron chi connectivity index (χ2n) is 5.64. The van der Waals surface area contributed by atoms with Gasteiger partial charge in [-0.2, -0.15) is 4.31 Å². The number of amides is 1. The molecule has 0 unspecified atom stereocenters. The SMILES string of the molecule is COCCNC(=O)C1CCN(S(=O)(=O)c2ccc(SC)cc2)CC1. The van der Waals surface area contributed by atoms with Gasteiger partial charge in [-0.15, -0.1) is 11.8 Å². The van der Waals surface area contributed by atoms with Crippen LogP contribution in [0, 0.1) is 5.92 Å². The summed E-state index contributed by atoms with van der Waals surface area (Å²) >= 11 is 1.57. The molecule has 0 aliphatic carbocycles. The number of ether oxygens (including phenoxy) is 1. The molecule has 134 valence electrons. The van der Waals surface area contributed by atoms with Crippen molar-refractivity contribution in [2.45, 2.75) is 22.6 Å². The van der Waals surface area contributed by atoms with Crippen molar-refractivity contribution in [2.75, 3.05) is 39.6 Å². The fourth-order valence-corrected chi connectivity index (χ4v) is 4.55. The lowest BCUT2D eigenvalue weighted by molar-refractivity contribution is -0.126. The molecule has 1 aliphatic rings. The van der Waals surface area contributed by atoms with Gasteiger partial charge in [0.05, 0.1) is 11.5 Å². The summed E-state index contributed by atoms with van der Waals surface area (Å²) in [6.45, 7) is 1.70. The van der Waals surface area contributed by atoms with E-state index in [0.29, 0.717) is 44.0 Å². The van der Waals surface area contributed by atoms with Crippen LogP contribution < -0.4 is 5.32 Å². The Morgan fingerprint density at radius 1 is 1.29 bits per heavy atom. The number of piperidine rings is 1. The van der Waals surface area contributed by atoms with Crippen molar-refractivity contribution in [3.63, 3.8) is 0 Å². The summed E-state index contributed by atoms with van der Waals surface area (Å²) in [4.78, 5) is 13.4. The molecule has 0 atom stereocenters. The van der Waals surface area contributed by atoms with Crippen LogP contribution in [-0.2, 0) is 19.6 Å². The number of carbonyl (C=O) groups excluding carboxylic acids is 1. The Morgan fingerprint density at radius 2 is 1.92 bits per heavy atom. The molecule has 0 bridgehead atoms. The van der Waals surface area contributed by atoms with Crippen molar-refractivity contribution in [2.24, 2.45) is 5.92 Å². The molecular formula is C16H24N2O4S2. The third kappa shape index (κ3) is 4.72. The third-order valence-electron chi connectivity index (χ3n) is 4.13. The third-order valence-corrected chi connectivity index (χ3v) is 6.78. The number of hydrogen-bond acceptors (Lipinski definition) is 5. The molecule has 0 saturated carbocycles. The second-order valence-corrected chi connectivity index (χ2v) is 8.46.